The van der Waals surface area contributed by atoms with Gasteiger partial charge in [0.2, 0.25) is 0 Å². The minimum atomic E-state index is 0.753. The second-order valence-electron chi connectivity index (χ2n) is 7.34. The normalized spacial score (nSPS) is 25.5. The predicted octanol–water partition coefficient (Wildman–Crippen LogP) is 4.36. The standard InChI is InChI=1S/C18H25N3S/c1-11-8-12(2)10-21(9-11)17-16-14-6-4-5-7-15(14)22-18(16)20-13(3)19-17/h11-12H,4-10H2,1-3H3/t11-,12+. The first-order valence-electron chi connectivity index (χ1n) is 8.65. The van der Waals surface area contributed by atoms with Crippen molar-refractivity contribution < 1.29 is 0 Å². The van der Waals surface area contributed by atoms with Crippen LogP contribution in [0.3, 0.4) is 0 Å². The minimum absolute atomic E-state index is 0.753. The van der Waals surface area contributed by atoms with E-state index in [1.54, 1.807) is 10.4 Å². The van der Waals surface area contributed by atoms with Gasteiger partial charge in [-0.15, -0.1) is 11.3 Å². The van der Waals surface area contributed by atoms with Crippen molar-refractivity contribution in [1.29, 1.82) is 0 Å². The SMILES string of the molecule is Cc1nc(N2C[C@H](C)C[C@H](C)C2)c2c3c(sc2n1)CCCC3. The van der Waals surface area contributed by atoms with Crippen LogP contribution in [-0.4, -0.2) is 23.1 Å². The summed E-state index contributed by atoms with van der Waals surface area (Å²) in [6, 6.07) is 0. The summed E-state index contributed by atoms with van der Waals surface area (Å²) < 4.78 is 0. The molecule has 2 aliphatic rings. The molecular formula is C18H25N3S. The van der Waals surface area contributed by atoms with Gasteiger partial charge in [0.15, 0.2) is 0 Å². The van der Waals surface area contributed by atoms with Gasteiger partial charge in [-0.2, -0.15) is 0 Å². The number of piperidine rings is 1. The van der Waals surface area contributed by atoms with E-state index in [2.05, 4.69) is 18.7 Å². The maximum absolute atomic E-state index is 4.90. The highest BCUT2D eigenvalue weighted by atomic mass is 32.1. The molecule has 1 aliphatic heterocycles. The van der Waals surface area contributed by atoms with E-state index in [0.717, 1.165) is 30.7 Å². The van der Waals surface area contributed by atoms with Crippen LogP contribution in [0.1, 0.15) is 49.4 Å². The Balaban J connectivity index is 1.87. The van der Waals surface area contributed by atoms with E-state index in [0.29, 0.717) is 0 Å². The number of aryl methyl sites for hydroxylation is 3. The number of anilines is 1. The lowest BCUT2D eigenvalue weighted by Crippen LogP contribution is -2.39. The molecule has 0 unspecified atom stereocenters. The third kappa shape index (κ3) is 2.41. The lowest BCUT2D eigenvalue weighted by atomic mass is 9.91. The molecule has 0 amide bonds. The Bertz CT molecular complexity index is 696. The van der Waals surface area contributed by atoms with Crippen molar-refractivity contribution >= 4 is 27.4 Å². The second-order valence-corrected chi connectivity index (χ2v) is 8.42. The minimum Gasteiger partial charge on any atom is -0.355 e. The zero-order valence-electron chi connectivity index (χ0n) is 13.9. The van der Waals surface area contributed by atoms with Crippen molar-refractivity contribution in [2.24, 2.45) is 11.8 Å². The average molecular weight is 315 g/mol. The van der Waals surface area contributed by atoms with Gasteiger partial charge in [-0.3, -0.25) is 0 Å². The first-order chi connectivity index (χ1) is 10.6. The molecule has 0 aromatic carbocycles. The van der Waals surface area contributed by atoms with Gasteiger partial charge in [0.05, 0.1) is 5.39 Å². The number of thiophene rings is 1. The maximum atomic E-state index is 4.90. The summed E-state index contributed by atoms with van der Waals surface area (Å²) >= 11 is 1.92. The molecule has 4 heteroatoms. The van der Waals surface area contributed by atoms with Crippen LogP contribution in [0.2, 0.25) is 0 Å². The molecule has 3 nitrogen and oxygen atoms in total. The zero-order valence-corrected chi connectivity index (χ0v) is 14.7. The Labute approximate surface area is 136 Å². The molecule has 1 aliphatic carbocycles. The molecule has 1 fully saturated rings. The van der Waals surface area contributed by atoms with E-state index in [4.69, 9.17) is 9.97 Å². The van der Waals surface area contributed by atoms with Crippen LogP contribution in [0.15, 0.2) is 0 Å². The third-order valence-electron chi connectivity index (χ3n) is 5.08. The van der Waals surface area contributed by atoms with Gasteiger partial charge < -0.3 is 4.90 Å². The quantitative estimate of drug-likeness (QED) is 0.783. The zero-order chi connectivity index (χ0) is 15.3. The van der Waals surface area contributed by atoms with Gasteiger partial charge in [0.1, 0.15) is 16.5 Å². The van der Waals surface area contributed by atoms with E-state index in [9.17, 15) is 0 Å². The highest BCUT2D eigenvalue weighted by Crippen LogP contribution is 2.40. The first-order valence-corrected chi connectivity index (χ1v) is 9.47. The fourth-order valence-corrected chi connectivity index (χ4v) is 5.61. The molecular weight excluding hydrogens is 290 g/mol. The van der Waals surface area contributed by atoms with Crippen LogP contribution < -0.4 is 4.90 Å². The Morgan fingerprint density at radius 3 is 2.55 bits per heavy atom. The van der Waals surface area contributed by atoms with E-state index in [1.807, 2.05) is 18.3 Å². The molecule has 0 radical (unpaired) electrons. The van der Waals surface area contributed by atoms with Crippen LogP contribution in [0.25, 0.3) is 10.2 Å². The smallest absolute Gasteiger partial charge is 0.141 e. The second kappa shape index (κ2) is 5.48. The molecule has 2 aromatic heterocycles. The van der Waals surface area contributed by atoms with Gasteiger partial charge in [0, 0.05) is 18.0 Å². The fourth-order valence-electron chi connectivity index (χ4n) is 4.31. The largest absolute Gasteiger partial charge is 0.355 e. The van der Waals surface area contributed by atoms with Crippen LogP contribution in [0.5, 0.6) is 0 Å². The van der Waals surface area contributed by atoms with Crippen molar-refractivity contribution in [3.8, 4) is 0 Å². The van der Waals surface area contributed by atoms with Crippen molar-refractivity contribution in [2.45, 2.75) is 52.9 Å². The molecule has 2 atom stereocenters. The molecule has 0 N–H and O–H groups in total. The molecule has 22 heavy (non-hydrogen) atoms. The lowest BCUT2D eigenvalue weighted by molar-refractivity contribution is 0.355. The molecule has 2 aromatic rings. The molecule has 1 saturated heterocycles. The molecule has 118 valence electrons. The van der Waals surface area contributed by atoms with E-state index < -0.39 is 0 Å². The fraction of sp³-hybridized carbons (Fsp3) is 0.667. The van der Waals surface area contributed by atoms with Gasteiger partial charge in [-0.25, -0.2) is 9.97 Å². The third-order valence-corrected chi connectivity index (χ3v) is 6.26. The van der Waals surface area contributed by atoms with Crippen molar-refractivity contribution in [3.05, 3.63) is 16.3 Å². The number of aromatic nitrogens is 2. The number of hydrogen-bond acceptors (Lipinski definition) is 4. The van der Waals surface area contributed by atoms with E-state index in [1.165, 1.54) is 48.1 Å². The number of nitrogens with zero attached hydrogens (tertiary/aromatic N) is 3. The number of fused-ring (bicyclic) bond motifs is 3. The van der Waals surface area contributed by atoms with Gasteiger partial charge in [-0.1, -0.05) is 13.8 Å². The van der Waals surface area contributed by atoms with Gasteiger partial charge in [-0.05, 0) is 56.4 Å². The monoisotopic (exact) mass is 315 g/mol. The van der Waals surface area contributed by atoms with Crippen molar-refractivity contribution in [3.63, 3.8) is 0 Å². The molecule has 3 heterocycles. The molecule has 0 spiro atoms. The topological polar surface area (TPSA) is 29.0 Å². The van der Waals surface area contributed by atoms with Crippen molar-refractivity contribution in [1.82, 2.24) is 9.97 Å². The number of hydrogen-bond donors (Lipinski definition) is 0. The summed E-state index contributed by atoms with van der Waals surface area (Å²) in [4.78, 5) is 15.0. The van der Waals surface area contributed by atoms with E-state index >= 15 is 0 Å². The summed E-state index contributed by atoms with van der Waals surface area (Å²) in [5.74, 6) is 3.65. The van der Waals surface area contributed by atoms with Gasteiger partial charge >= 0.3 is 0 Å². The van der Waals surface area contributed by atoms with Crippen molar-refractivity contribution in [2.75, 3.05) is 18.0 Å². The number of rotatable bonds is 1. The van der Waals surface area contributed by atoms with Crippen LogP contribution in [0, 0.1) is 18.8 Å². The highest BCUT2D eigenvalue weighted by Gasteiger charge is 2.27. The van der Waals surface area contributed by atoms with Crippen LogP contribution in [0.4, 0.5) is 5.82 Å². The van der Waals surface area contributed by atoms with E-state index in [-0.39, 0.29) is 0 Å². The molecule has 0 saturated carbocycles. The summed E-state index contributed by atoms with van der Waals surface area (Å²) in [6.45, 7) is 9.06. The predicted molar refractivity (Wildman–Crippen MR) is 94.0 cm³/mol. The summed E-state index contributed by atoms with van der Waals surface area (Å²) in [7, 11) is 0. The Hall–Kier alpha value is -1.16. The van der Waals surface area contributed by atoms with Crippen LogP contribution >= 0.6 is 11.3 Å². The van der Waals surface area contributed by atoms with Gasteiger partial charge in [0.25, 0.3) is 0 Å². The van der Waals surface area contributed by atoms with Crippen LogP contribution in [-0.2, 0) is 12.8 Å². The summed E-state index contributed by atoms with van der Waals surface area (Å²) in [5, 5.41) is 1.38. The Kier molecular flexibility index (Phi) is 3.60. The summed E-state index contributed by atoms with van der Waals surface area (Å²) in [6.07, 6.45) is 6.44. The molecule has 4 rings (SSSR count). The highest BCUT2D eigenvalue weighted by molar-refractivity contribution is 7.19. The molecule has 0 bridgehead atoms. The first kappa shape index (κ1) is 14.4. The Morgan fingerprint density at radius 2 is 1.77 bits per heavy atom. The lowest BCUT2D eigenvalue weighted by Gasteiger charge is -2.36. The maximum Gasteiger partial charge on any atom is 0.141 e. The average Bonchev–Trinajstić information content (AvgIpc) is 2.83. The Morgan fingerprint density at radius 1 is 1.05 bits per heavy atom. The summed E-state index contributed by atoms with van der Waals surface area (Å²) in [5.41, 5.74) is 1.56.